The molecule has 3 nitrogen and oxygen atoms in total. The highest BCUT2D eigenvalue weighted by Gasteiger charge is 2.00. The Bertz CT molecular complexity index is 264. The Morgan fingerprint density at radius 2 is 2.00 bits per heavy atom. The van der Waals surface area contributed by atoms with E-state index in [0.717, 1.165) is 0 Å². The normalized spacial score (nSPS) is 9.42. The second-order valence-corrected chi connectivity index (χ2v) is 2.14. The van der Waals surface area contributed by atoms with Crippen molar-refractivity contribution in [2.45, 2.75) is 0 Å². The average molecular weight is 164 g/mol. The van der Waals surface area contributed by atoms with Crippen LogP contribution in [0.2, 0.25) is 0 Å². The van der Waals surface area contributed by atoms with Crippen molar-refractivity contribution in [3.8, 4) is 5.75 Å². The van der Waals surface area contributed by atoms with Gasteiger partial charge in [0.25, 0.3) is 0 Å². The van der Waals surface area contributed by atoms with Crippen LogP contribution in [0.3, 0.4) is 0 Å². The summed E-state index contributed by atoms with van der Waals surface area (Å²) in [5, 5.41) is 8.54. The van der Waals surface area contributed by atoms with E-state index in [1.54, 1.807) is 12.1 Å². The van der Waals surface area contributed by atoms with E-state index in [4.69, 9.17) is 16.8 Å². The Morgan fingerprint density at radius 1 is 1.42 bits per heavy atom. The highest BCUT2D eigenvalue weighted by atomic mass is 16.5. The number of hydrogen-bond acceptors (Lipinski definition) is 2. The molecule has 0 heterocycles. The SMILES string of the molecule is [CH]COc1ccc(C(=O)O)cc1. The smallest absolute Gasteiger partial charge is 0.335 e. The van der Waals surface area contributed by atoms with Crippen LogP contribution in [-0.2, 0) is 0 Å². The van der Waals surface area contributed by atoms with Gasteiger partial charge in [0.15, 0.2) is 0 Å². The zero-order valence-electron chi connectivity index (χ0n) is 6.36. The number of hydrogen-bond donors (Lipinski definition) is 1. The number of rotatable bonds is 3. The van der Waals surface area contributed by atoms with Gasteiger partial charge in [-0.3, -0.25) is 0 Å². The first-order chi connectivity index (χ1) is 5.74. The molecule has 1 rings (SSSR count). The van der Waals surface area contributed by atoms with Crippen molar-refractivity contribution in [1.29, 1.82) is 0 Å². The topological polar surface area (TPSA) is 46.5 Å². The summed E-state index contributed by atoms with van der Waals surface area (Å²) in [7, 11) is 0. The van der Waals surface area contributed by atoms with Crippen molar-refractivity contribution in [1.82, 2.24) is 0 Å². The second kappa shape index (κ2) is 3.76. The van der Waals surface area contributed by atoms with Crippen molar-refractivity contribution < 1.29 is 14.6 Å². The maximum Gasteiger partial charge on any atom is 0.335 e. The van der Waals surface area contributed by atoms with Gasteiger partial charge in [0.05, 0.1) is 12.2 Å². The van der Waals surface area contributed by atoms with Gasteiger partial charge in [-0.1, -0.05) is 0 Å². The van der Waals surface area contributed by atoms with Gasteiger partial charge in [-0.2, -0.15) is 0 Å². The fourth-order valence-corrected chi connectivity index (χ4v) is 0.790. The van der Waals surface area contributed by atoms with Gasteiger partial charge in [0.1, 0.15) is 5.75 Å². The van der Waals surface area contributed by atoms with Crippen molar-refractivity contribution in [3.63, 3.8) is 0 Å². The minimum atomic E-state index is -0.950. The van der Waals surface area contributed by atoms with Gasteiger partial charge in [0.2, 0.25) is 0 Å². The van der Waals surface area contributed by atoms with Gasteiger partial charge in [-0.25, -0.2) is 4.79 Å². The average Bonchev–Trinajstić information content (AvgIpc) is 2.06. The summed E-state index contributed by atoms with van der Waals surface area (Å²) >= 11 is 0. The largest absolute Gasteiger partial charge is 0.493 e. The molecule has 12 heavy (non-hydrogen) atoms. The van der Waals surface area contributed by atoms with Crippen LogP contribution >= 0.6 is 0 Å². The second-order valence-electron chi connectivity index (χ2n) is 2.14. The van der Waals surface area contributed by atoms with Crippen LogP contribution in [0.15, 0.2) is 24.3 Å². The molecule has 0 bridgehead atoms. The van der Waals surface area contributed by atoms with Gasteiger partial charge in [0, 0.05) is 6.92 Å². The van der Waals surface area contributed by atoms with E-state index in [1.807, 2.05) is 0 Å². The fourth-order valence-electron chi connectivity index (χ4n) is 0.790. The molecule has 0 fully saturated rings. The standard InChI is InChI=1S/C9H8O3/c1-2-12-8-5-3-7(4-6-8)9(10)11/h1,3-6H,2H2,(H,10,11). The third-order valence-corrected chi connectivity index (χ3v) is 1.35. The molecule has 0 spiro atoms. The number of carbonyl (C=O) groups is 1. The lowest BCUT2D eigenvalue weighted by Gasteiger charge is -2.01. The van der Waals surface area contributed by atoms with E-state index in [0.29, 0.717) is 5.75 Å². The Morgan fingerprint density at radius 3 is 2.42 bits per heavy atom. The molecule has 0 saturated carbocycles. The highest BCUT2D eigenvalue weighted by molar-refractivity contribution is 5.87. The highest BCUT2D eigenvalue weighted by Crippen LogP contribution is 2.11. The van der Waals surface area contributed by atoms with E-state index in [2.05, 4.69) is 0 Å². The maximum atomic E-state index is 10.4. The molecule has 1 aromatic carbocycles. The van der Waals surface area contributed by atoms with Gasteiger partial charge in [-0.05, 0) is 24.3 Å². The van der Waals surface area contributed by atoms with Crippen LogP contribution in [-0.4, -0.2) is 17.7 Å². The maximum absolute atomic E-state index is 10.4. The number of ether oxygens (including phenoxy) is 1. The monoisotopic (exact) mass is 164 g/mol. The summed E-state index contributed by atoms with van der Waals surface area (Å²) < 4.78 is 4.93. The van der Waals surface area contributed by atoms with E-state index in [9.17, 15) is 4.79 Å². The van der Waals surface area contributed by atoms with E-state index >= 15 is 0 Å². The molecule has 1 aromatic rings. The van der Waals surface area contributed by atoms with Crippen molar-refractivity contribution in [3.05, 3.63) is 36.8 Å². The van der Waals surface area contributed by atoms with Crippen LogP contribution in [0, 0.1) is 6.92 Å². The zero-order valence-corrected chi connectivity index (χ0v) is 6.36. The molecular formula is C9H8O3. The predicted molar refractivity (Wildman–Crippen MR) is 43.2 cm³/mol. The molecule has 0 aromatic heterocycles. The lowest BCUT2D eigenvalue weighted by Crippen LogP contribution is -1.96. The van der Waals surface area contributed by atoms with Crippen LogP contribution in [0.4, 0.5) is 0 Å². The molecule has 62 valence electrons. The van der Waals surface area contributed by atoms with Crippen LogP contribution in [0.1, 0.15) is 10.4 Å². The Labute approximate surface area is 70.6 Å². The molecule has 0 unspecified atom stereocenters. The lowest BCUT2D eigenvalue weighted by molar-refractivity contribution is 0.0697. The molecule has 0 amide bonds. The Kier molecular flexibility index (Phi) is 2.69. The van der Waals surface area contributed by atoms with Crippen molar-refractivity contribution in [2.24, 2.45) is 0 Å². The number of carboxylic acids is 1. The number of aromatic carboxylic acids is 1. The minimum absolute atomic E-state index is 0.0897. The van der Waals surface area contributed by atoms with Gasteiger partial charge >= 0.3 is 5.97 Å². The molecule has 3 heteroatoms. The Hall–Kier alpha value is -1.51. The van der Waals surface area contributed by atoms with Crippen molar-refractivity contribution in [2.75, 3.05) is 6.61 Å². The zero-order chi connectivity index (χ0) is 8.97. The summed E-state index contributed by atoms with van der Waals surface area (Å²) in [5.41, 5.74) is 0.236. The molecule has 0 aliphatic carbocycles. The first-order valence-corrected chi connectivity index (χ1v) is 3.40. The molecular weight excluding hydrogens is 156 g/mol. The van der Waals surface area contributed by atoms with E-state index in [1.165, 1.54) is 12.1 Å². The number of benzene rings is 1. The predicted octanol–water partition coefficient (Wildman–Crippen LogP) is 1.47. The molecule has 0 aliphatic rings. The van der Waals surface area contributed by atoms with Crippen LogP contribution in [0.5, 0.6) is 5.75 Å². The third-order valence-electron chi connectivity index (χ3n) is 1.35. The van der Waals surface area contributed by atoms with Crippen LogP contribution < -0.4 is 4.74 Å². The Balaban J connectivity index is 2.78. The van der Waals surface area contributed by atoms with Gasteiger partial charge < -0.3 is 9.84 Å². The molecule has 0 aliphatic heterocycles. The summed E-state index contributed by atoms with van der Waals surface area (Å²) in [5.74, 6) is -0.378. The summed E-state index contributed by atoms with van der Waals surface area (Å²) in [4.78, 5) is 10.4. The van der Waals surface area contributed by atoms with Crippen molar-refractivity contribution >= 4 is 5.97 Å². The van der Waals surface area contributed by atoms with Gasteiger partial charge in [-0.15, -0.1) is 0 Å². The lowest BCUT2D eigenvalue weighted by atomic mass is 10.2. The summed E-state index contributed by atoms with van der Waals surface area (Å²) in [6.45, 7) is 5.21. The minimum Gasteiger partial charge on any atom is -0.493 e. The van der Waals surface area contributed by atoms with E-state index < -0.39 is 5.97 Å². The van der Waals surface area contributed by atoms with Crippen LogP contribution in [0.25, 0.3) is 0 Å². The first kappa shape index (κ1) is 8.59. The first-order valence-electron chi connectivity index (χ1n) is 3.40. The third kappa shape index (κ3) is 1.99. The summed E-state index contributed by atoms with van der Waals surface area (Å²) in [6.07, 6.45) is 0. The fraction of sp³-hybridized carbons (Fsp3) is 0.111. The quantitative estimate of drug-likeness (QED) is 0.735. The molecule has 0 saturated heterocycles. The number of carboxylic acid groups (broad SMARTS) is 1. The summed E-state index contributed by atoms with van der Waals surface area (Å²) in [6, 6.07) is 6.06. The van der Waals surface area contributed by atoms with E-state index in [-0.39, 0.29) is 12.2 Å². The molecule has 1 N–H and O–H groups in total. The molecule has 0 atom stereocenters. The molecule has 2 radical (unpaired) electrons.